The Balaban J connectivity index is 1.87. The normalized spacial score (nSPS) is 39.6. The number of hydrogen-bond acceptors (Lipinski definition) is 2. The minimum absolute atomic E-state index is 0.506. The average Bonchev–Trinajstić information content (AvgIpc) is 2.21. The van der Waals surface area contributed by atoms with Crippen LogP contribution in [-0.4, -0.2) is 23.6 Å². The lowest BCUT2D eigenvalue weighted by atomic mass is 9.80. The summed E-state index contributed by atoms with van der Waals surface area (Å²) >= 11 is 2.13. The molecule has 0 aromatic heterocycles. The van der Waals surface area contributed by atoms with Crippen molar-refractivity contribution in [1.82, 2.24) is 5.32 Å². The van der Waals surface area contributed by atoms with Gasteiger partial charge in [0, 0.05) is 17.8 Å². The second kappa shape index (κ2) is 5.30. The molecule has 1 aliphatic carbocycles. The minimum Gasteiger partial charge on any atom is -0.310 e. The van der Waals surface area contributed by atoms with Gasteiger partial charge in [0.1, 0.15) is 0 Å². The van der Waals surface area contributed by atoms with Crippen LogP contribution in [0.4, 0.5) is 0 Å². The number of hydrogen-bond donors (Lipinski definition) is 1. The van der Waals surface area contributed by atoms with Crippen LogP contribution in [0.1, 0.15) is 52.9 Å². The van der Waals surface area contributed by atoms with Gasteiger partial charge in [-0.05, 0) is 36.3 Å². The molecule has 1 nitrogen and oxygen atoms in total. The molecule has 0 aromatic rings. The molecule has 0 radical (unpaired) electrons. The highest BCUT2D eigenvalue weighted by Crippen LogP contribution is 2.35. The zero-order valence-corrected chi connectivity index (χ0v) is 11.9. The van der Waals surface area contributed by atoms with Crippen LogP contribution in [0.25, 0.3) is 0 Å². The van der Waals surface area contributed by atoms with Gasteiger partial charge in [0.05, 0.1) is 0 Å². The molecular weight excluding hydrogens is 214 g/mol. The second-order valence-corrected chi connectivity index (χ2v) is 7.65. The van der Waals surface area contributed by atoms with Gasteiger partial charge in [0.15, 0.2) is 0 Å². The van der Waals surface area contributed by atoms with Crippen molar-refractivity contribution >= 4 is 11.8 Å². The maximum Gasteiger partial charge on any atom is 0.0212 e. The van der Waals surface area contributed by atoms with Crippen LogP contribution in [0.5, 0.6) is 0 Å². The van der Waals surface area contributed by atoms with E-state index in [9.17, 15) is 0 Å². The zero-order valence-electron chi connectivity index (χ0n) is 11.1. The van der Waals surface area contributed by atoms with E-state index in [0.717, 1.165) is 18.0 Å². The first kappa shape index (κ1) is 12.8. The van der Waals surface area contributed by atoms with Gasteiger partial charge in [0.2, 0.25) is 0 Å². The van der Waals surface area contributed by atoms with E-state index in [1.54, 1.807) is 0 Å². The van der Waals surface area contributed by atoms with Crippen LogP contribution in [0, 0.1) is 11.3 Å². The minimum atomic E-state index is 0.506. The number of nitrogens with one attached hydrogen (secondary N) is 1. The smallest absolute Gasteiger partial charge is 0.0212 e. The zero-order chi connectivity index (χ0) is 11.6. The van der Waals surface area contributed by atoms with Crippen molar-refractivity contribution in [3.8, 4) is 0 Å². The molecule has 1 heterocycles. The first-order valence-corrected chi connectivity index (χ1v) is 8.07. The molecule has 0 amide bonds. The summed E-state index contributed by atoms with van der Waals surface area (Å²) in [6.07, 6.45) is 7.05. The summed E-state index contributed by atoms with van der Waals surface area (Å²) in [7, 11) is 0. The molecule has 3 atom stereocenters. The van der Waals surface area contributed by atoms with Crippen molar-refractivity contribution in [3.05, 3.63) is 0 Å². The van der Waals surface area contributed by atoms with Gasteiger partial charge in [0.25, 0.3) is 0 Å². The molecule has 2 rings (SSSR count). The van der Waals surface area contributed by atoms with Crippen LogP contribution in [0.15, 0.2) is 0 Å². The largest absolute Gasteiger partial charge is 0.310 e. The Labute approximate surface area is 105 Å². The fourth-order valence-electron chi connectivity index (χ4n) is 3.08. The van der Waals surface area contributed by atoms with Gasteiger partial charge >= 0.3 is 0 Å². The number of rotatable bonds is 2. The molecule has 2 fully saturated rings. The molecule has 0 spiro atoms. The third-order valence-corrected chi connectivity index (χ3v) is 5.55. The summed E-state index contributed by atoms with van der Waals surface area (Å²) in [6.45, 7) is 7.29. The van der Waals surface area contributed by atoms with Crippen LogP contribution in [0.2, 0.25) is 0 Å². The summed E-state index contributed by atoms with van der Waals surface area (Å²) < 4.78 is 0. The van der Waals surface area contributed by atoms with Crippen LogP contribution >= 0.6 is 11.8 Å². The highest BCUT2D eigenvalue weighted by Gasteiger charge is 2.34. The fraction of sp³-hybridized carbons (Fsp3) is 1.00. The maximum atomic E-state index is 3.96. The van der Waals surface area contributed by atoms with Crippen molar-refractivity contribution in [2.75, 3.05) is 11.5 Å². The molecular formula is C14H27NS. The van der Waals surface area contributed by atoms with Gasteiger partial charge in [-0.2, -0.15) is 11.8 Å². The fourth-order valence-corrected chi connectivity index (χ4v) is 4.70. The highest BCUT2D eigenvalue weighted by atomic mass is 32.2. The lowest BCUT2D eigenvalue weighted by Crippen LogP contribution is -2.51. The van der Waals surface area contributed by atoms with Gasteiger partial charge in [-0.1, -0.05) is 33.6 Å². The monoisotopic (exact) mass is 241 g/mol. The third kappa shape index (κ3) is 3.16. The predicted octanol–water partition coefficient (Wildman–Crippen LogP) is 3.69. The SMILES string of the molecule is CC1CCCC(NC2CSCCC2(C)C)C1. The lowest BCUT2D eigenvalue weighted by Gasteiger charge is -2.42. The van der Waals surface area contributed by atoms with Gasteiger partial charge < -0.3 is 5.32 Å². The molecule has 0 aromatic carbocycles. The van der Waals surface area contributed by atoms with Crippen molar-refractivity contribution in [2.45, 2.75) is 65.0 Å². The van der Waals surface area contributed by atoms with E-state index in [2.05, 4.69) is 37.8 Å². The lowest BCUT2D eigenvalue weighted by molar-refractivity contribution is 0.197. The molecule has 2 aliphatic rings. The Morgan fingerprint density at radius 3 is 2.75 bits per heavy atom. The van der Waals surface area contributed by atoms with Crippen molar-refractivity contribution in [2.24, 2.45) is 11.3 Å². The Morgan fingerprint density at radius 1 is 1.25 bits per heavy atom. The van der Waals surface area contributed by atoms with E-state index in [0.29, 0.717) is 5.41 Å². The van der Waals surface area contributed by atoms with Gasteiger partial charge in [-0.3, -0.25) is 0 Å². The van der Waals surface area contributed by atoms with E-state index in [1.807, 2.05) is 0 Å². The van der Waals surface area contributed by atoms with Crippen LogP contribution in [-0.2, 0) is 0 Å². The van der Waals surface area contributed by atoms with E-state index in [-0.39, 0.29) is 0 Å². The van der Waals surface area contributed by atoms with Crippen molar-refractivity contribution in [3.63, 3.8) is 0 Å². The summed E-state index contributed by atoms with van der Waals surface area (Å²) in [5.74, 6) is 3.61. The standard InChI is InChI=1S/C14H27NS/c1-11-5-4-6-12(9-11)15-13-10-16-8-7-14(13,2)3/h11-13,15H,4-10H2,1-3H3. The van der Waals surface area contributed by atoms with E-state index >= 15 is 0 Å². The molecule has 94 valence electrons. The Hall–Kier alpha value is 0.310. The van der Waals surface area contributed by atoms with Gasteiger partial charge in [-0.25, -0.2) is 0 Å². The molecule has 3 unspecified atom stereocenters. The van der Waals surface area contributed by atoms with Gasteiger partial charge in [-0.15, -0.1) is 0 Å². The Morgan fingerprint density at radius 2 is 2.06 bits per heavy atom. The van der Waals surface area contributed by atoms with Crippen molar-refractivity contribution in [1.29, 1.82) is 0 Å². The highest BCUT2D eigenvalue weighted by molar-refractivity contribution is 7.99. The Kier molecular flexibility index (Phi) is 4.23. The third-order valence-electron chi connectivity index (χ3n) is 4.49. The molecule has 1 N–H and O–H groups in total. The molecule has 2 heteroatoms. The summed E-state index contributed by atoms with van der Waals surface area (Å²) in [5, 5.41) is 3.96. The van der Waals surface area contributed by atoms with Crippen molar-refractivity contribution < 1.29 is 0 Å². The predicted molar refractivity (Wildman–Crippen MR) is 74.1 cm³/mol. The summed E-state index contributed by atoms with van der Waals surface area (Å²) in [4.78, 5) is 0. The van der Waals surface area contributed by atoms with Crippen LogP contribution in [0.3, 0.4) is 0 Å². The van der Waals surface area contributed by atoms with E-state index < -0.39 is 0 Å². The molecule has 1 aliphatic heterocycles. The molecule has 16 heavy (non-hydrogen) atoms. The molecule has 1 saturated heterocycles. The summed E-state index contributed by atoms with van der Waals surface area (Å²) in [5.41, 5.74) is 0.506. The second-order valence-electron chi connectivity index (χ2n) is 6.50. The first-order chi connectivity index (χ1) is 7.58. The average molecular weight is 241 g/mol. The first-order valence-electron chi connectivity index (χ1n) is 6.92. The van der Waals surface area contributed by atoms with Crippen LogP contribution < -0.4 is 5.32 Å². The van der Waals surface area contributed by atoms with E-state index in [4.69, 9.17) is 0 Å². The Bertz CT molecular complexity index is 227. The topological polar surface area (TPSA) is 12.0 Å². The molecule has 1 saturated carbocycles. The van der Waals surface area contributed by atoms with E-state index in [1.165, 1.54) is 43.6 Å². The maximum absolute atomic E-state index is 3.96. The summed E-state index contributed by atoms with van der Waals surface area (Å²) in [6, 6.07) is 1.54. The quantitative estimate of drug-likeness (QED) is 0.791. The number of thioether (sulfide) groups is 1. The molecule has 0 bridgehead atoms.